The molecule has 0 aliphatic heterocycles. The van der Waals surface area contributed by atoms with Crippen LogP contribution in [0, 0.1) is 13.8 Å². The summed E-state index contributed by atoms with van der Waals surface area (Å²) in [5.41, 5.74) is 2.99. The van der Waals surface area contributed by atoms with Gasteiger partial charge >= 0.3 is 5.97 Å². The van der Waals surface area contributed by atoms with Gasteiger partial charge in [0.05, 0.1) is 5.56 Å². The fraction of sp³-hybridized carbons (Fsp3) is 0.294. The summed E-state index contributed by atoms with van der Waals surface area (Å²) < 4.78 is 8.00. The van der Waals surface area contributed by atoms with Crippen molar-refractivity contribution >= 4 is 33.5 Å². The van der Waals surface area contributed by atoms with E-state index in [9.17, 15) is 9.59 Å². The van der Waals surface area contributed by atoms with Gasteiger partial charge in [-0.05, 0) is 45.0 Å². The van der Waals surface area contributed by atoms with Gasteiger partial charge in [-0.3, -0.25) is 4.79 Å². The molecule has 0 aliphatic rings. The number of esters is 1. The fourth-order valence-corrected chi connectivity index (χ4v) is 2.87. The Kier molecular flexibility index (Phi) is 5.60. The van der Waals surface area contributed by atoms with Crippen molar-refractivity contribution in [2.45, 2.75) is 27.3 Å². The summed E-state index contributed by atoms with van der Waals surface area (Å²) in [5, 5.41) is 2.68. The second-order valence-electron chi connectivity index (χ2n) is 5.16. The van der Waals surface area contributed by atoms with Gasteiger partial charge in [0.1, 0.15) is 0 Å². The molecule has 6 heteroatoms. The number of amides is 1. The molecule has 0 fully saturated rings. The molecule has 0 radical (unpaired) electrons. The lowest BCUT2D eigenvalue weighted by molar-refractivity contribution is -0.119. The van der Waals surface area contributed by atoms with E-state index < -0.39 is 5.97 Å². The van der Waals surface area contributed by atoms with Crippen molar-refractivity contribution in [3.63, 3.8) is 0 Å². The van der Waals surface area contributed by atoms with Gasteiger partial charge < -0.3 is 14.6 Å². The normalized spacial score (nSPS) is 10.4. The fourth-order valence-electron chi connectivity index (χ4n) is 2.47. The predicted molar refractivity (Wildman–Crippen MR) is 92.6 cm³/mol. The van der Waals surface area contributed by atoms with Crippen LogP contribution < -0.4 is 5.32 Å². The van der Waals surface area contributed by atoms with Crippen molar-refractivity contribution in [1.82, 2.24) is 4.57 Å². The van der Waals surface area contributed by atoms with Crippen LogP contribution in [0.15, 0.2) is 34.8 Å². The number of nitrogens with one attached hydrogen (secondary N) is 1. The van der Waals surface area contributed by atoms with E-state index >= 15 is 0 Å². The van der Waals surface area contributed by atoms with Gasteiger partial charge in [0, 0.05) is 28.1 Å². The maximum atomic E-state index is 12.1. The zero-order chi connectivity index (χ0) is 17.0. The Labute approximate surface area is 143 Å². The smallest absolute Gasteiger partial charge is 0.340 e. The summed E-state index contributed by atoms with van der Waals surface area (Å²) in [7, 11) is 0. The van der Waals surface area contributed by atoms with Gasteiger partial charge in [0.2, 0.25) is 0 Å². The second-order valence-corrected chi connectivity index (χ2v) is 6.08. The summed E-state index contributed by atoms with van der Waals surface area (Å²) in [6.07, 6.45) is 0. The van der Waals surface area contributed by atoms with E-state index in [0.29, 0.717) is 11.3 Å². The molecule has 122 valence electrons. The highest BCUT2D eigenvalue weighted by atomic mass is 79.9. The molecule has 0 spiro atoms. The molecule has 0 bridgehead atoms. The first-order chi connectivity index (χ1) is 10.9. The Morgan fingerprint density at radius 2 is 2.00 bits per heavy atom. The predicted octanol–water partition coefficient (Wildman–Crippen LogP) is 3.68. The van der Waals surface area contributed by atoms with Gasteiger partial charge in [-0.15, -0.1) is 0 Å². The maximum absolute atomic E-state index is 12.1. The van der Waals surface area contributed by atoms with Gasteiger partial charge in [-0.25, -0.2) is 4.79 Å². The van der Waals surface area contributed by atoms with Gasteiger partial charge in [0.25, 0.3) is 5.91 Å². The Morgan fingerprint density at radius 1 is 1.26 bits per heavy atom. The Morgan fingerprint density at radius 3 is 2.61 bits per heavy atom. The number of rotatable bonds is 5. The molecule has 1 aromatic carbocycles. The Balaban J connectivity index is 1.95. The number of ether oxygens (including phenoxy) is 1. The number of halogens is 1. The number of nitrogens with zero attached hydrogens (tertiary/aromatic N) is 1. The summed E-state index contributed by atoms with van der Waals surface area (Å²) in [6, 6.07) is 8.99. The Bertz CT molecular complexity index is 737. The van der Waals surface area contributed by atoms with Crippen LogP contribution in [0.2, 0.25) is 0 Å². The summed E-state index contributed by atoms with van der Waals surface area (Å²) in [5.74, 6) is -0.858. The van der Waals surface area contributed by atoms with E-state index in [0.717, 1.165) is 22.4 Å². The number of benzene rings is 1. The van der Waals surface area contributed by atoms with Crippen molar-refractivity contribution in [2.24, 2.45) is 0 Å². The summed E-state index contributed by atoms with van der Waals surface area (Å²) in [4.78, 5) is 24.0. The van der Waals surface area contributed by atoms with E-state index in [1.54, 1.807) is 18.2 Å². The lowest BCUT2D eigenvalue weighted by Crippen LogP contribution is -2.21. The lowest BCUT2D eigenvalue weighted by Gasteiger charge is -2.08. The van der Waals surface area contributed by atoms with E-state index in [-0.39, 0.29) is 12.5 Å². The molecule has 2 rings (SSSR count). The lowest BCUT2D eigenvalue weighted by atomic mass is 10.2. The molecule has 2 aromatic rings. The van der Waals surface area contributed by atoms with Gasteiger partial charge in [-0.2, -0.15) is 0 Å². The molecular formula is C17H19BrN2O3. The first kappa shape index (κ1) is 17.3. The monoisotopic (exact) mass is 378 g/mol. The van der Waals surface area contributed by atoms with Crippen LogP contribution in [0.4, 0.5) is 5.69 Å². The van der Waals surface area contributed by atoms with Crippen LogP contribution >= 0.6 is 15.9 Å². The van der Waals surface area contributed by atoms with Crippen LogP contribution in [0.1, 0.15) is 28.7 Å². The highest BCUT2D eigenvalue weighted by Crippen LogP contribution is 2.17. The quantitative estimate of drug-likeness (QED) is 0.807. The molecule has 0 saturated heterocycles. The number of hydrogen-bond donors (Lipinski definition) is 1. The van der Waals surface area contributed by atoms with Crippen molar-refractivity contribution < 1.29 is 14.3 Å². The summed E-state index contributed by atoms with van der Waals surface area (Å²) >= 11 is 3.33. The minimum absolute atomic E-state index is 0.318. The minimum Gasteiger partial charge on any atom is -0.452 e. The highest BCUT2D eigenvalue weighted by molar-refractivity contribution is 9.10. The number of hydrogen-bond acceptors (Lipinski definition) is 3. The second kappa shape index (κ2) is 7.46. The van der Waals surface area contributed by atoms with Gasteiger partial charge in [0.15, 0.2) is 6.61 Å². The number of carbonyl (C=O) groups is 2. The average Bonchev–Trinajstić information content (AvgIpc) is 2.79. The molecule has 0 aliphatic carbocycles. The maximum Gasteiger partial charge on any atom is 0.340 e. The molecule has 23 heavy (non-hydrogen) atoms. The Hall–Kier alpha value is -2.08. The largest absolute Gasteiger partial charge is 0.452 e. The van der Waals surface area contributed by atoms with E-state index in [1.807, 2.05) is 37.5 Å². The first-order valence-electron chi connectivity index (χ1n) is 7.31. The molecular weight excluding hydrogens is 360 g/mol. The molecule has 1 aromatic heterocycles. The molecule has 0 unspecified atom stereocenters. The van der Waals surface area contributed by atoms with Crippen molar-refractivity contribution in [3.8, 4) is 0 Å². The molecule has 0 saturated carbocycles. The third-order valence-corrected chi connectivity index (χ3v) is 4.05. The van der Waals surface area contributed by atoms with Crippen LogP contribution in [0.3, 0.4) is 0 Å². The molecule has 0 atom stereocenters. The molecule has 1 N–H and O–H groups in total. The van der Waals surface area contributed by atoms with E-state index in [2.05, 4.69) is 21.2 Å². The summed E-state index contributed by atoms with van der Waals surface area (Å²) in [6.45, 7) is 6.29. The SMILES string of the molecule is CCn1c(C)cc(C(=O)OCC(=O)Nc2cccc(Br)c2)c1C. The highest BCUT2D eigenvalue weighted by Gasteiger charge is 2.17. The standard InChI is InChI=1S/C17H19BrN2O3/c1-4-20-11(2)8-15(12(20)3)17(22)23-10-16(21)19-14-7-5-6-13(18)9-14/h5-9H,4,10H2,1-3H3,(H,19,21). The van der Waals surface area contributed by atoms with Gasteiger partial charge in [-0.1, -0.05) is 22.0 Å². The van der Waals surface area contributed by atoms with Crippen molar-refractivity contribution in [2.75, 3.05) is 11.9 Å². The van der Waals surface area contributed by atoms with Crippen LogP contribution in [-0.2, 0) is 16.1 Å². The van der Waals surface area contributed by atoms with Crippen molar-refractivity contribution in [1.29, 1.82) is 0 Å². The number of aryl methyl sites for hydroxylation is 1. The van der Waals surface area contributed by atoms with E-state index in [4.69, 9.17) is 4.74 Å². The number of carbonyl (C=O) groups excluding carboxylic acids is 2. The molecule has 1 amide bonds. The number of anilines is 1. The first-order valence-corrected chi connectivity index (χ1v) is 8.11. The zero-order valence-corrected chi connectivity index (χ0v) is 14.9. The van der Waals surface area contributed by atoms with Crippen molar-refractivity contribution in [3.05, 3.63) is 51.8 Å². The van der Waals surface area contributed by atoms with Crippen LogP contribution in [-0.4, -0.2) is 23.1 Å². The van der Waals surface area contributed by atoms with Crippen LogP contribution in [0.25, 0.3) is 0 Å². The van der Waals surface area contributed by atoms with Crippen LogP contribution in [0.5, 0.6) is 0 Å². The third-order valence-electron chi connectivity index (χ3n) is 3.55. The topological polar surface area (TPSA) is 60.3 Å². The number of aromatic nitrogens is 1. The zero-order valence-electron chi connectivity index (χ0n) is 13.4. The third kappa shape index (κ3) is 4.22. The molecule has 5 nitrogen and oxygen atoms in total. The average molecular weight is 379 g/mol. The molecule has 1 heterocycles. The minimum atomic E-state index is -0.484. The van der Waals surface area contributed by atoms with E-state index in [1.165, 1.54) is 0 Å².